The molecule has 15 heavy (non-hydrogen) atoms. The molecule has 0 saturated carbocycles. The number of carbonyl (C=O) groups excluding carboxylic acids is 1. The van der Waals surface area contributed by atoms with Gasteiger partial charge < -0.3 is 4.74 Å². The molecule has 0 bridgehead atoms. The maximum Gasteiger partial charge on any atom is 0.150 e. The van der Waals surface area contributed by atoms with Crippen LogP contribution in [0.15, 0.2) is 0 Å². The molecule has 2 heterocycles. The van der Waals surface area contributed by atoms with Crippen LogP contribution in [0, 0.1) is 5.92 Å². The molecule has 0 spiro atoms. The number of rotatable bonds is 3. The molecule has 0 aromatic carbocycles. The molecule has 0 N–H and O–H groups in total. The lowest BCUT2D eigenvalue weighted by Crippen LogP contribution is -2.40. The monoisotopic (exact) mass is 211 g/mol. The Bertz CT molecular complexity index is 242. The molecule has 0 aromatic rings. The first-order valence-electron chi connectivity index (χ1n) is 6.16. The van der Waals surface area contributed by atoms with Crippen molar-refractivity contribution in [2.24, 2.45) is 5.92 Å². The molecular formula is C12H21NO2. The number of fused-ring (bicyclic) bond motifs is 1. The van der Waals surface area contributed by atoms with Crippen LogP contribution in [-0.2, 0) is 9.53 Å². The molecule has 0 amide bonds. The summed E-state index contributed by atoms with van der Waals surface area (Å²) in [6.45, 7) is 6.90. The summed E-state index contributed by atoms with van der Waals surface area (Å²) in [5, 5.41) is 0. The summed E-state index contributed by atoms with van der Waals surface area (Å²) in [5.41, 5.74) is 0. The van der Waals surface area contributed by atoms with Crippen molar-refractivity contribution >= 4 is 5.78 Å². The lowest BCUT2D eigenvalue weighted by molar-refractivity contribution is -0.125. The van der Waals surface area contributed by atoms with Crippen molar-refractivity contribution in [1.29, 1.82) is 0 Å². The summed E-state index contributed by atoms with van der Waals surface area (Å²) >= 11 is 0. The summed E-state index contributed by atoms with van der Waals surface area (Å²) in [5.74, 6) is 0.862. The van der Waals surface area contributed by atoms with E-state index in [-0.39, 0.29) is 6.04 Å². The van der Waals surface area contributed by atoms with Crippen molar-refractivity contribution in [2.45, 2.75) is 45.3 Å². The van der Waals surface area contributed by atoms with Crippen LogP contribution in [0.4, 0.5) is 0 Å². The smallest absolute Gasteiger partial charge is 0.150 e. The summed E-state index contributed by atoms with van der Waals surface area (Å²) < 4.78 is 5.76. The molecule has 3 nitrogen and oxygen atoms in total. The van der Waals surface area contributed by atoms with Crippen molar-refractivity contribution in [3.05, 3.63) is 0 Å². The third-order valence-electron chi connectivity index (χ3n) is 3.79. The predicted octanol–water partition coefficient (Wildman–Crippen LogP) is 1.46. The molecule has 0 radical (unpaired) electrons. The number of ketones is 1. The second-order valence-electron chi connectivity index (χ2n) is 4.57. The first kappa shape index (κ1) is 11.1. The molecule has 0 aromatic heterocycles. The zero-order valence-corrected chi connectivity index (χ0v) is 9.74. The highest BCUT2D eigenvalue weighted by Gasteiger charge is 2.45. The van der Waals surface area contributed by atoms with Gasteiger partial charge in [0.05, 0.1) is 12.1 Å². The van der Waals surface area contributed by atoms with Gasteiger partial charge in [-0.1, -0.05) is 13.8 Å². The fourth-order valence-corrected chi connectivity index (χ4v) is 3.01. The SMILES string of the molecule is CCC(=O)C1C2CCCOC2CN1CC. The van der Waals surface area contributed by atoms with Crippen LogP contribution in [0.1, 0.15) is 33.1 Å². The Labute approximate surface area is 91.8 Å². The van der Waals surface area contributed by atoms with Gasteiger partial charge in [-0.05, 0) is 19.4 Å². The summed E-state index contributed by atoms with van der Waals surface area (Å²) in [4.78, 5) is 14.2. The molecule has 3 atom stereocenters. The van der Waals surface area contributed by atoms with Gasteiger partial charge in [0.1, 0.15) is 5.78 Å². The maximum atomic E-state index is 11.9. The lowest BCUT2D eigenvalue weighted by atomic mass is 9.88. The van der Waals surface area contributed by atoms with Crippen molar-refractivity contribution in [3.8, 4) is 0 Å². The van der Waals surface area contributed by atoms with Gasteiger partial charge in [0.25, 0.3) is 0 Å². The highest BCUT2D eigenvalue weighted by atomic mass is 16.5. The third kappa shape index (κ3) is 1.95. The van der Waals surface area contributed by atoms with E-state index in [1.165, 1.54) is 0 Å². The normalized spacial score (nSPS) is 36.5. The number of likely N-dealkylation sites (tertiary alicyclic amines) is 1. The molecule has 3 unspecified atom stereocenters. The lowest BCUT2D eigenvalue weighted by Gasteiger charge is -2.29. The Hall–Kier alpha value is -0.410. The average molecular weight is 211 g/mol. The summed E-state index contributed by atoms with van der Waals surface area (Å²) in [6.07, 6.45) is 3.26. The van der Waals surface area contributed by atoms with Gasteiger partial charge >= 0.3 is 0 Å². The highest BCUT2D eigenvalue weighted by molar-refractivity contribution is 5.84. The van der Waals surface area contributed by atoms with Crippen LogP contribution in [-0.4, -0.2) is 42.5 Å². The van der Waals surface area contributed by atoms with E-state index in [1.54, 1.807) is 0 Å². The fourth-order valence-electron chi connectivity index (χ4n) is 3.01. The molecule has 86 valence electrons. The van der Waals surface area contributed by atoms with Crippen LogP contribution in [0.5, 0.6) is 0 Å². The molecule has 2 rings (SSSR count). The fraction of sp³-hybridized carbons (Fsp3) is 0.917. The Balaban J connectivity index is 2.13. The maximum absolute atomic E-state index is 11.9. The number of carbonyl (C=O) groups is 1. The standard InChI is InChI=1S/C12H21NO2/c1-3-10(14)12-9-6-5-7-15-11(9)8-13(12)4-2/h9,11-12H,3-8H2,1-2H3. The number of likely N-dealkylation sites (N-methyl/N-ethyl adjacent to an activating group) is 1. The Morgan fingerprint density at radius 3 is 2.93 bits per heavy atom. The summed E-state index contributed by atoms with van der Waals surface area (Å²) in [6, 6.07) is 0.144. The molecule has 0 aliphatic carbocycles. The number of nitrogens with zero attached hydrogens (tertiary/aromatic N) is 1. The zero-order chi connectivity index (χ0) is 10.8. The first-order valence-corrected chi connectivity index (χ1v) is 6.16. The van der Waals surface area contributed by atoms with Gasteiger partial charge in [-0.2, -0.15) is 0 Å². The van der Waals surface area contributed by atoms with E-state index in [4.69, 9.17) is 4.74 Å². The van der Waals surface area contributed by atoms with Crippen molar-refractivity contribution in [2.75, 3.05) is 19.7 Å². The van der Waals surface area contributed by atoms with Crippen LogP contribution in [0.3, 0.4) is 0 Å². The van der Waals surface area contributed by atoms with E-state index >= 15 is 0 Å². The molecule has 2 aliphatic heterocycles. The van der Waals surface area contributed by atoms with E-state index in [0.717, 1.165) is 32.5 Å². The van der Waals surface area contributed by atoms with Gasteiger partial charge in [0, 0.05) is 25.5 Å². The van der Waals surface area contributed by atoms with Crippen LogP contribution in [0.2, 0.25) is 0 Å². The first-order chi connectivity index (χ1) is 7.27. The van der Waals surface area contributed by atoms with Gasteiger partial charge in [0.2, 0.25) is 0 Å². The number of hydrogen-bond donors (Lipinski definition) is 0. The minimum absolute atomic E-state index is 0.144. The number of ether oxygens (including phenoxy) is 1. The Morgan fingerprint density at radius 2 is 2.27 bits per heavy atom. The number of hydrogen-bond acceptors (Lipinski definition) is 3. The van der Waals surface area contributed by atoms with Crippen LogP contribution < -0.4 is 0 Å². The minimum Gasteiger partial charge on any atom is -0.377 e. The minimum atomic E-state index is 0.144. The van der Waals surface area contributed by atoms with Crippen LogP contribution in [0.25, 0.3) is 0 Å². The van der Waals surface area contributed by atoms with Crippen molar-refractivity contribution in [3.63, 3.8) is 0 Å². The Kier molecular flexibility index (Phi) is 3.42. The molecule has 2 fully saturated rings. The van der Waals surface area contributed by atoms with E-state index in [0.29, 0.717) is 24.2 Å². The third-order valence-corrected chi connectivity index (χ3v) is 3.79. The second kappa shape index (κ2) is 4.62. The topological polar surface area (TPSA) is 29.5 Å². The second-order valence-corrected chi connectivity index (χ2v) is 4.57. The van der Waals surface area contributed by atoms with E-state index < -0.39 is 0 Å². The van der Waals surface area contributed by atoms with Crippen molar-refractivity contribution < 1.29 is 9.53 Å². The van der Waals surface area contributed by atoms with Gasteiger partial charge in [-0.25, -0.2) is 0 Å². The van der Waals surface area contributed by atoms with Gasteiger partial charge in [0.15, 0.2) is 0 Å². The average Bonchev–Trinajstić information content (AvgIpc) is 2.66. The molecule has 2 aliphatic rings. The predicted molar refractivity (Wildman–Crippen MR) is 58.8 cm³/mol. The largest absolute Gasteiger partial charge is 0.377 e. The van der Waals surface area contributed by atoms with Gasteiger partial charge in [-0.15, -0.1) is 0 Å². The van der Waals surface area contributed by atoms with Crippen molar-refractivity contribution in [1.82, 2.24) is 4.90 Å². The molecular weight excluding hydrogens is 190 g/mol. The molecule has 2 saturated heterocycles. The zero-order valence-electron chi connectivity index (χ0n) is 9.74. The molecule has 3 heteroatoms. The van der Waals surface area contributed by atoms with E-state index in [9.17, 15) is 4.79 Å². The van der Waals surface area contributed by atoms with Gasteiger partial charge in [-0.3, -0.25) is 9.69 Å². The number of Topliss-reactive ketones (excluding diaryl/α,β-unsaturated/α-hetero) is 1. The van der Waals surface area contributed by atoms with Crippen LogP contribution >= 0.6 is 0 Å². The highest BCUT2D eigenvalue weighted by Crippen LogP contribution is 2.34. The summed E-state index contributed by atoms with van der Waals surface area (Å²) in [7, 11) is 0. The Morgan fingerprint density at radius 1 is 1.47 bits per heavy atom. The van der Waals surface area contributed by atoms with E-state index in [1.807, 2.05) is 6.92 Å². The quantitative estimate of drug-likeness (QED) is 0.708. The van der Waals surface area contributed by atoms with E-state index in [2.05, 4.69) is 11.8 Å².